The number of hydrogen-bond donors (Lipinski definition) is 0. The van der Waals surface area contributed by atoms with E-state index in [1.807, 2.05) is 71.6 Å². The molecule has 0 radical (unpaired) electrons. The Morgan fingerprint density at radius 3 is 2.39 bits per heavy atom. The Bertz CT molecular complexity index is 1360. The fourth-order valence-electron chi connectivity index (χ4n) is 5.11. The van der Waals surface area contributed by atoms with E-state index in [2.05, 4.69) is 28.1 Å². The number of nitrogens with zero attached hydrogens (tertiary/aromatic N) is 3. The van der Waals surface area contributed by atoms with E-state index in [1.54, 1.807) is 18.2 Å². The molecule has 3 aromatic carbocycles. The molecule has 2 aliphatic rings. The van der Waals surface area contributed by atoms with Gasteiger partial charge in [-0.2, -0.15) is 10.5 Å². The first-order valence-corrected chi connectivity index (χ1v) is 11.6. The fraction of sp³-hybridized carbons (Fsp3) is 0.148. The van der Waals surface area contributed by atoms with Crippen molar-refractivity contribution in [2.75, 3.05) is 4.90 Å². The maximum absolute atomic E-state index is 14.1. The monoisotopic (exact) mass is 513 g/mol. The van der Waals surface area contributed by atoms with Crippen molar-refractivity contribution < 1.29 is 4.79 Å². The Balaban J connectivity index is 1.81. The van der Waals surface area contributed by atoms with Gasteiger partial charge in [0.15, 0.2) is 11.2 Å². The molecule has 0 N–H and O–H groups in total. The number of hydrogen-bond acceptors (Lipinski definition) is 4. The van der Waals surface area contributed by atoms with E-state index in [0.29, 0.717) is 10.6 Å². The van der Waals surface area contributed by atoms with E-state index in [1.165, 1.54) is 0 Å². The summed E-state index contributed by atoms with van der Waals surface area (Å²) >= 11 is 9.85. The molecule has 0 saturated carbocycles. The van der Waals surface area contributed by atoms with Gasteiger partial charge in [0.1, 0.15) is 6.04 Å². The van der Waals surface area contributed by atoms with Gasteiger partial charge in [0.25, 0.3) is 0 Å². The van der Waals surface area contributed by atoms with Crippen LogP contribution in [-0.4, -0.2) is 17.9 Å². The molecule has 0 unspecified atom stereocenters. The molecule has 33 heavy (non-hydrogen) atoms. The van der Waals surface area contributed by atoms with E-state index in [-0.39, 0.29) is 5.78 Å². The van der Waals surface area contributed by atoms with E-state index in [4.69, 9.17) is 11.6 Å². The van der Waals surface area contributed by atoms with Crippen LogP contribution in [0.2, 0.25) is 5.02 Å². The number of ketones is 1. The van der Waals surface area contributed by atoms with E-state index in [9.17, 15) is 15.3 Å². The first kappa shape index (κ1) is 21.5. The van der Waals surface area contributed by atoms with Crippen molar-refractivity contribution in [2.45, 2.75) is 18.0 Å². The minimum atomic E-state index is -1.48. The zero-order chi connectivity index (χ0) is 23.2. The third-order valence-corrected chi connectivity index (χ3v) is 7.49. The molecule has 0 aromatic heterocycles. The molecule has 0 aliphatic carbocycles. The van der Waals surface area contributed by atoms with Crippen molar-refractivity contribution >= 4 is 45.1 Å². The molecule has 2 heterocycles. The minimum absolute atomic E-state index is 0.134. The molecule has 4 nitrogen and oxygen atoms in total. The SMILES string of the molecule is N#CC1(C#N)[C@H](c2ccccc2Br)[C@@H](C(=O)c2ccccc2)N2c3ccc(Cl)cc3C=C[C@@H]21. The molecular formula is C27H17BrClN3O. The number of carbonyl (C=O) groups excluding carboxylic acids is 1. The number of halogens is 2. The van der Waals surface area contributed by atoms with E-state index < -0.39 is 23.4 Å². The van der Waals surface area contributed by atoms with Crippen molar-refractivity contribution in [3.05, 3.63) is 105 Å². The van der Waals surface area contributed by atoms with E-state index in [0.717, 1.165) is 21.3 Å². The summed E-state index contributed by atoms with van der Waals surface area (Å²) in [5, 5.41) is 21.5. The molecule has 1 saturated heterocycles. The number of Topliss-reactive ketones (excluding diaryl/α,β-unsaturated/α-hetero) is 1. The topological polar surface area (TPSA) is 67.9 Å². The predicted molar refractivity (Wildman–Crippen MR) is 132 cm³/mol. The van der Waals surface area contributed by atoms with Gasteiger partial charge in [0, 0.05) is 26.7 Å². The third-order valence-electron chi connectivity index (χ3n) is 6.54. The summed E-state index contributed by atoms with van der Waals surface area (Å²) in [6.07, 6.45) is 3.74. The van der Waals surface area contributed by atoms with Crippen LogP contribution >= 0.6 is 27.5 Å². The molecule has 0 spiro atoms. The van der Waals surface area contributed by atoms with Crippen LogP contribution in [0.25, 0.3) is 6.08 Å². The number of nitriles is 2. The Kier molecular flexibility index (Phi) is 5.33. The Morgan fingerprint density at radius 1 is 1.00 bits per heavy atom. The second-order valence-electron chi connectivity index (χ2n) is 8.18. The average molecular weight is 515 g/mol. The summed E-state index contributed by atoms with van der Waals surface area (Å²) in [5.41, 5.74) is 1.45. The smallest absolute Gasteiger partial charge is 0.185 e. The van der Waals surface area contributed by atoms with Gasteiger partial charge >= 0.3 is 0 Å². The summed E-state index contributed by atoms with van der Waals surface area (Å²) < 4.78 is 0.760. The normalized spacial score (nSPS) is 22.1. The quantitative estimate of drug-likeness (QED) is 0.380. The molecule has 1 fully saturated rings. The fourth-order valence-corrected chi connectivity index (χ4v) is 5.82. The first-order valence-electron chi connectivity index (χ1n) is 10.4. The van der Waals surface area contributed by atoms with Gasteiger partial charge in [0.05, 0.1) is 18.2 Å². The molecule has 2 aliphatic heterocycles. The zero-order valence-corrected chi connectivity index (χ0v) is 19.7. The minimum Gasteiger partial charge on any atom is -0.351 e. The average Bonchev–Trinajstić information content (AvgIpc) is 3.14. The highest BCUT2D eigenvalue weighted by Gasteiger charge is 2.63. The van der Waals surface area contributed by atoms with Crippen LogP contribution in [0.1, 0.15) is 27.4 Å². The molecule has 3 atom stereocenters. The lowest BCUT2D eigenvalue weighted by molar-refractivity contribution is 0.0951. The highest BCUT2D eigenvalue weighted by Crippen LogP contribution is 2.56. The van der Waals surface area contributed by atoms with E-state index >= 15 is 0 Å². The maximum atomic E-state index is 14.1. The number of rotatable bonds is 3. The van der Waals surface area contributed by atoms with Crippen LogP contribution in [0.4, 0.5) is 5.69 Å². The van der Waals surface area contributed by atoms with Crippen LogP contribution in [-0.2, 0) is 0 Å². The largest absolute Gasteiger partial charge is 0.351 e. The highest BCUT2D eigenvalue weighted by atomic mass is 79.9. The summed E-state index contributed by atoms with van der Waals surface area (Å²) in [7, 11) is 0. The van der Waals surface area contributed by atoms with Crippen LogP contribution in [0.15, 0.2) is 83.3 Å². The van der Waals surface area contributed by atoms with Crippen molar-refractivity contribution in [1.82, 2.24) is 0 Å². The van der Waals surface area contributed by atoms with Gasteiger partial charge < -0.3 is 4.90 Å². The number of fused-ring (bicyclic) bond motifs is 3. The number of carbonyl (C=O) groups is 1. The second kappa shape index (κ2) is 8.19. The molecule has 5 rings (SSSR count). The number of anilines is 1. The molecular weight excluding hydrogens is 498 g/mol. The lowest BCUT2D eigenvalue weighted by Gasteiger charge is -2.35. The molecule has 3 aromatic rings. The van der Waals surface area contributed by atoms with Crippen molar-refractivity contribution in [3.63, 3.8) is 0 Å². The van der Waals surface area contributed by atoms with Crippen molar-refractivity contribution in [3.8, 4) is 12.1 Å². The van der Waals surface area contributed by atoms with Gasteiger partial charge in [0.2, 0.25) is 0 Å². The molecule has 0 amide bonds. The maximum Gasteiger partial charge on any atom is 0.185 e. The van der Waals surface area contributed by atoms with Gasteiger partial charge in [-0.05, 0) is 35.4 Å². The summed E-state index contributed by atoms with van der Waals surface area (Å²) in [6, 6.07) is 25.3. The zero-order valence-electron chi connectivity index (χ0n) is 17.3. The van der Waals surface area contributed by atoms with Gasteiger partial charge in [-0.1, -0.05) is 88.2 Å². The second-order valence-corrected chi connectivity index (χ2v) is 9.47. The molecule has 0 bridgehead atoms. The first-order chi connectivity index (χ1) is 16.0. The Labute approximate surface area is 205 Å². The van der Waals surface area contributed by atoms with Gasteiger partial charge in [-0.3, -0.25) is 4.79 Å². The van der Waals surface area contributed by atoms with Crippen LogP contribution in [0, 0.1) is 28.1 Å². The lowest BCUT2D eigenvalue weighted by Crippen LogP contribution is -2.44. The van der Waals surface area contributed by atoms with Crippen LogP contribution in [0.5, 0.6) is 0 Å². The third kappa shape index (κ3) is 3.20. The lowest BCUT2D eigenvalue weighted by atomic mass is 9.69. The Morgan fingerprint density at radius 2 is 1.70 bits per heavy atom. The summed E-state index contributed by atoms with van der Waals surface area (Å²) in [4.78, 5) is 16.0. The van der Waals surface area contributed by atoms with Gasteiger partial charge in [-0.25, -0.2) is 0 Å². The highest BCUT2D eigenvalue weighted by molar-refractivity contribution is 9.10. The molecule has 160 valence electrons. The predicted octanol–water partition coefficient (Wildman–Crippen LogP) is 6.39. The van der Waals surface area contributed by atoms with Crippen molar-refractivity contribution in [1.29, 1.82) is 10.5 Å². The summed E-state index contributed by atoms with van der Waals surface area (Å²) in [6.45, 7) is 0. The van der Waals surface area contributed by atoms with Gasteiger partial charge in [-0.15, -0.1) is 0 Å². The summed E-state index contributed by atoms with van der Waals surface area (Å²) in [5.74, 6) is -0.822. The molecule has 6 heteroatoms. The van der Waals surface area contributed by atoms with Crippen LogP contribution < -0.4 is 4.90 Å². The van der Waals surface area contributed by atoms with Crippen molar-refractivity contribution in [2.24, 2.45) is 5.41 Å². The van der Waals surface area contributed by atoms with Crippen LogP contribution in [0.3, 0.4) is 0 Å². The number of benzene rings is 3. The Hall–Kier alpha value is -3.38. The standard InChI is InChI=1S/C27H17BrClN3O/c28-21-9-5-4-8-20(21)24-25(26(33)17-6-2-1-3-7-17)32-22-12-11-19(29)14-18(22)10-13-23(32)27(24,15-30)16-31/h1-14,23-25H/t23-,24-,25+/m1/s1.